The van der Waals surface area contributed by atoms with Crippen LogP contribution in [0.4, 0.5) is 4.79 Å². The summed E-state index contributed by atoms with van der Waals surface area (Å²) >= 11 is 0. The number of nitrogens with zero attached hydrogens (tertiary/aromatic N) is 2. The summed E-state index contributed by atoms with van der Waals surface area (Å²) in [7, 11) is 0. The average Bonchev–Trinajstić information content (AvgIpc) is 2.91. The molecule has 0 aromatic heterocycles. The van der Waals surface area contributed by atoms with Crippen LogP contribution in [-0.2, 0) is 20.9 Å². The van der Waals surface area contributed by atoms with E-state index in [1.807, 2.05) is 49.1 Å². The summed E-state index contributed by atoms with van der Waals surface area (Å²) in [5.74, 6) is -0.359. The van der Waals surface area contributed by atoms with Crippen LogP contribution in [0, 0.1) is 5.92 Å². The highest BCUT2D eigenvalue weighted by Gasteiger charge is 2.45. The highest BCUT2D eigenvalue weighted by atomic mass is 16.5. The number of morpholine rings is 1. The molecule has 2 aliphatic heterocycles. The summed E-state index contributed by atoms with van der Waals surface area (Å²) in [6.07, 6.45) is 0. The molecule has 0 bridgehead atoms. The molecule has 24 heavy (non-hydrogen) atoms. The molecule has 2 heterocycles. The van der Waals surface area contributed by atoms with Crippen LogP contribution in [-0.4, -0.2) is 60.2 Å². The molecule has 6 heteroatoms. The van der Waals surface area contributed by atoms with Crippen molar-refractivity contribution in [3.8, 4) is 0 Å². The van der Waals surface area contributed by atoms with Crippen molar-refractivity contribution in [2.75, 3.05) is 26.3 Å². The molecule has 2 atom stereocenters. The molecule has 0 N–H and O–H groups in total. The van der Waals surface area contributed by atoms with Gasteiger partial charge in [0.2, 0.25) is 0 Å². The number of ether oxygens (including phenoxy) is 2. The van der Waals surface area contributed by atoms with E-state index in [4.69, 9.17) is 9.47 Å². The zero-order chi connectivity index (χ0) is 17.1. The lowest BCUT2D eigenvalue weighted by Crippen LogP contribution is -2.48. The Morgan fingerprint density at radius 3 is 2.75 bits per heavy atom. The Bertz CT molecular complexity index is 590. The summed E-state index contributed by atoms with van der Waals surface area (Å²) in [5, 5.41) is 0. The van der Waals surface area contributed by atoms with Gasteiger partial charge in [0, 0.05) is 13.1 Å². The quantitative estimate of drug-likeness (QED) is 0.773. The van der Waals surface area contributed by atoms with Crippen molar-refractivity contribution >= 4 is 12.0 Å². The summed E-state index contributed by atoms with van der Waals surface area (Å²) in [6, 6.07) is 8.95. The van der Waals surface area contributed by atoms with Crippen LogP contribution in [0.5, 0.6) is 0 Å². The molecule has 0 spiro atoms. The van der Waals surface area contributed by atoms with Crippen molar-refractivity contribution in [2.45, 2.75) is 32.5 Å². The third kappa shape index (κ3) is 3.38. The molecular weight excluding hydrogens is 308 g/mol. The number of esters is 1. The van der Waals surface area contributed by atoms with Gasteiger partial charge in [0.05, 0.1) is 19.3 Å². The fourth-order valence-corrected chi connectivity index (χ4v) is 3.33. The number of urea groups is 1. The Hall–Kier alpha value is -2.08. The normalized spacial score (nSPS) is 21.8. The Labute approximate surface area is 142 Å². The first kappa shape index (κ1) is 16.8. The largest absolute Gasteiger partial charge is 0.459 e. The SMILES string of the molecule is CC(C)[C@@H](C(=O)OCc1ccccc1)N1CC2COCCN2C1=O. The Kier molecular flexibility index (Phi) is 5.04. The number of carbonyl (C=O) groups is 2. The van der Waals surface area contributed by atoms with Crippen molar-refractivity contribution in [1.82, 2.24) is 9.80 Å². The molecule has 1 aromatic carbocycles. The second-order valence-electron chi connectivity index (χ2n) is 6.64. The van der Waals surface area contributed by atoms with Crippen LogP contribution in [0.3, 0.4) is 0 Å². The third-order valence-electron chi connectivity index (χ3n) is 4.56. The van der Waals surface area contributed by atoms with Gasteiger partial charge in [-0.05, 0) is 11.5 Å². The zero-order valence-corrected chi connectivity index (χ0v) is 14.2. The number of hydrogen-bond donors (Lipinski definition) is 0. The van der Waals surface area contributed by atoms with Gasteiger partial charge in [-0.15, -0.1) is 0 Å². The highest BCUT2D eigenvalue weighted by molar-refractivity contribution is 5.85. The topological polar surface area (TPSA) is 59.1 Å². The number of hydrogen-bond acceptors (Lipinski definition) is 4. The molecule has 0 aliphatic carbocycles. The van der Waals surface area contributed by atoms with E-state index in [1.54, 1.807) is 4.90 Å². The zero-order valence-electron chi connectivity index (χ0n) is 14.2. The van der Waals surface area contributed by atoms with Gasteiger partial charge in [0.25, 0.3) is 0 Å². The van der Waals surface area contributed by atoms with Crippen LogP contribution in [0.2, 0.25) is 0 Å². The summed E-state index contributed by atoms with van der Waals surface area (Å²) < 4.78 is 10.9. The average molecular weight is 332 g/mol. The fourth-order valence-electron chi connectivity index (χ4n) is 3.33. The van der Waals surface area contributed by atoms with E-state index in [0.29, 0.717) is 26.3 Å². The monoisotopic (exact) mass is 332 g/mol. The molecule has 6 nitrogen and oxygen atoms in total. The molecule has 2 aliphatic rings. The van der Waals surface area contributed by atoms with Crippen molar-refractivity contribution in [2.24, 2.45) is 5.92 Å². The van der Waals surface area contributed by atoms with Crippen molar-refractivity contribution in [1.29, 1.82) is 0 Å². The van der Waals surface area contributed by atoms with Gasteiger partial charge in [0.1, 0.15) is 12.6 Å². The lowest BCUT2D eigenvalue weighted by molar-refractivity contribution is -0.151. The van der Waals surface area contributed by atoms with Crippen LogP contribution >= 0.6 is 0 Å². The van der Waals surface area contributed by atoms with E-state index in [0.717, 1.165) is 5.56 Å². The first-order valence-electron chi connectivity index (χ1n) is 8.43. The highest BCUT2D eigenvalue weighted by Crippen LogP contribution is 2.25. The molecule has 1 aromatic rings. The number of carbonyl (C=O) groups excluding carboxylic acids is 2. The van der Waals surface area contributed by atoms with Gasteiger partial charge in [-0.2, -0.15) is 0 Å². The van der Waals surface area contributed by atoms with E-state index < -0.39 is 6.04 Å². The van der Waals surface area contributed by atoms with Crippen LogP contribution in [0.1, 0.15) is 19.4 Å². The maximum absolute atomic E-state index is 12.7. The van der Waals surface area contributed by atoms with Gasteiger partial charge in [-0.1, -0.05) is 44.2 Å². The maximum Gasteiger partial charge on any atom is 0.329 e. The van der Waals surface area contributed by atoms with Crippen LogP contribution in [0.15, 0.2) is 30.3 Å². The van der Waals surface area contributed by atoms with Gasteiger partial charge in [-0.3, -0.25) is 0 Å². The minimum absolute atomic E-state index is 0.0144. The van der Waals surface area contributed by atoms with Gasteiger partial charge in [-0.25, -0.2) is 9.59 Å². The molecule has 3 rings (SSSR count). The third-order valence-corrected chi connectivity index (χ3v) is 4.56. The Balaban J connectivity index is 1.68. The van der Waals surface area contributed by atoms with E-state index >= 15 is 0 Å². The second kappa shape index (κ2) is 7.21. The molecule has 0 radical (unpaired) electrons. The minimum Gasteiger partial charge on any atom is -0.459 e. The maximum atomic E-state index is 12.7. The molecule has 2 saturated heterocycles. The minimum atomic E-state index is -0.563. The Morgan fingerprint density at radius 1 is 1.33 bits per heavy atom. The predicted molar refractivity (Wildman–Crippen MR) is 88.3 cm³/mol. The van der Waals surface area contributed by atoms with Gasteiger partial charge < -0.3 is 19.3 Å². The number of rotatable bonds is 5. The number of amides is 2. The number of fused-ring (bicyclic) bond motifs is 1. The smallest absolute Gasteiger partial charge is 0.329 e. The number of benzene rings is 1. The van der Waals surface area contributed by atoms with Gasteiger partial charge >= 0.3 is 12.0 Å². The first-order valence-corrected chi connectivity index (χ1v) is 8.43. The first-order chi connectivity index (χ1) is 11.6. The molecule has 1 unspecified atom stereocenters. The van der Waals surface area contributed by atoms with E-state index in [2.05, 4.69) is 0 Å². The van der Waals surface area contributed by atoms with Crippen molar-refractivity contribution in [3.63, 3.8) is 0 Å². The molecule has 130 valence electrons. The Morgan fingerprint density at radius 2 is 2.08 bits per heavy atom. The van der Waals surface area contributed by atoms with Crippen LogP contribution in [0.25, 0.3) is 0 Å². The van der Waals surface area contributed by atoms with Crippen LogP contribution < -0.4 is 0 Å². The summed E-state index contributed by atoms with van der Waals surface area (Å²) in [6.45, 7) is 6.30. The lowest BCUT2D eigenvalue weighted by atomic mass is 10.0. The molecule has 2 fully saturated rings. The van der Waals surface area contributed by atoms with Crippen molar-refractivity contribution < 1.29 is 19.1 Å². The second-order valence-corrected chi connectivity index (χ2v) is 6.64. The summed E-state index contributed by atoms with van der Waals surface area (Å²) in [5.41, 5.74) is 0.937. The standard InChI is InChI=1S/C18H24N2O4/c1-13(2)16(17(21)24-11-14-6-4-3-5-7-14)20-10-15-12-23-9-8-19(15)18(20)22/h3-7,13,15-16H,8-12H2,1-2H3/t15?,16-/m0/s1. The summed E-state index contributed by atoms with van der Waals surface area (Å²) in [4.78, 5) is 28.7. The predicted octanol–water partition coefficient (Wildman–Crippen LogP) is 1.89. The van der Waals surface area contributed by atoms with Gasteiger partial charge in [0.15, 0.2) is 0 Å². The molecule has 2 amide bonds. The lowest BCUT2D eigenvalue weighted by Gasteiger charge is -2.29. The molecular formula is C18H24N2O4. The fraction of sp³-hybridized carbons (Fsp3) is 0.556. The van der Waals surface area contributed by atoms with Crippen molar-refractivity contribution in [3.05, 3.63) is 35.9 Å². The van der Waals surface area contributed by atoms with E-state index in [9.17, 15) is 9.59 Å². The van der Waals surface area contributed by atoms with E-state index in [-0.39, 0.29) is 30.6 Å². The molecule has 0 saturated carbocycles. The van der Waals surface area contributed by atoms with E-state index in [1.165, 1.54) is 0 Å².